The molecule has 2 aliphatic heterocycles. The molecule has 0 saturated carbocycles. The van der Waals surface area contributed by atoms with E-state index in [1.165, 1.54) is 11.1 Å². The molecular formula is C20H30N2O2. The van der Waals surface area contributed by atoms with Crippen LogP contribution in [-0.2, 0) is 16.1 Å². The van der Waals surface area contributed by atoms with Crippen LogP contribution in [0.2, 0.25) is 0 Å². The molecule has 1 aromatic carbocycles. The van der Waals surface area contributed by atoms with Crippen LogP contribution in [0.4, 0.5) is 0 Å². The molecule has 1 aromatic rings. The Kier molecular flexibility index (Phi) is 5.90. The summed E-state index contributed by atoms with van der Waals surface area (Å²) >= 11 is 0. The Morgan fingerprint density at radius 3 is 2.29 bits per heavy atom. The van der Waals surface area contributed by atoms with Crippen LogP contribution in [0.15, 0.2) is 24.3 Å². The van der Waals surface area contributed by atoms with E-state index in [1.54, 1.807) is 0 Å². The molecule has 4 nitrogen and oxygen atoms in total. The average molecular weight is 330 g/mol. The molecule has 24 heavy (non-hydrogen) atoms. The molecule has 3 rings (SSSR count). The number of amides is 1. The Hall–Kier alpha value is -1.39. The monoisotopic (exact) mass is 330 g/mol. The van der Waals surface area contributed by atoms with Crippen molar-refractivity contribution in [3.8, 4) is 0 Å². The molecule has 0 bridgehead atoms. The topological polar surface area (TPSA) is 32.8 Å². The lowest BCUT2D eigenvalue weighted by Gasteiger charge is -2.37. The minimum Gasteiger partial charge on any atom is -0.381 e. The minimum atomic E-state index is 0.189. The highest BCUT2D eigenvalue weighted by Crippen LogP contribution is 2.20. The second kappa shape index (κ2) is 8.13. The van der Waals surface area contributed by atoms with E-state index in [2.05, 4.69) is 47.9 Å². The van der Waals surface area contributed by atoms with Crippen LogP contribution in [0.5, 0.6) is 0 Å². The zero-order valence-electron chi connectivity index (χ0n) is 15.0. The second-order valence-electron chi connectivity index (χ2n) is 7.38. The largest absolute Gasteiger partial charge is 0.381 e. The number of benzene rings is 1. The summed E-state index contributed by atoms with van der Waals surface area (Å²) in [6, 6.07) is 8.97. The first-order chi connectivity index (χ1) is 11.6. The molecule has 132 valence electrons. The highest BCUT2D eigenvalue weighted by atomic mass is 16.5. The van der Waals surface area contributed by atoms with Gasteiger partial charge in [0.1, 0.15) is 0 Å². The highest BCUT2D eigenvalue weighted by Gasteiger charge is 2.28. The Bertz CT molecular complexity index is 527. The highest BCUT2D eigenvalue weighted by molar-refractivity contribution is 5.79. The van der Waals surface area contributed by atoms with Crippen molar-refractivity contribution in [3.05, 3.63) is 35.4 Å². The predicted octanol–water partition coefficient (Wildman–Crippen LogP) is 2.88. The fourth-order valence-electron chi connectivity index (χ4n) is 3.60. The number of carbonyl (C=O) groups excluding carboxylic acids is 1. The van der Waals surface area contributed by atoms with Gasteiger partial charge >= 0.3 is 0 Å². The zero-order chi connectivity index (χ0) is 16.9. The third kappa shape index (κ3) is 4.37. The van der Waals surface area contributed by atoms with Crippen molar-refractivity contribution in [1.29, 1.82) is 0 Å². The van der Waals surface area contributed by atoms with Crippen LogP contribution >= 0.6 is 0 Å². The summed E-state index contributed by atoms with van der Waals surface area (Å²) in [5.74, 6) is 1.12. The van der Waals surface area contributed by atoms with Crippen LogP contribution in [-0.4, -0.2) is 55.1 Å². The second-order valence-corrected chi connectivity index (χ2v) is 7.38. The van der Waals surface area contributed by atoms with Gasteiger partial charge in [0.05, 0.1) is 0 Å². The fraction of sp³-hybridized carbons (Fsp3) is 0.650. The van der Waals surface area contributed by atoms with Gasteiger partial charge < -0.3 is 9.64 Å². The smallest absolute Gasteiger partial charge is 0.225 e. The third-order valence-corrected chi connectivity index (χ3v) is 5.31. The SMILES string of the molecule is CC(C)c1ccc(CN2CCN(C(=O)C3CCOCC3)CC2)cc1. The predicted molar refractivity (Wildman–Crippen MR) is 95.9 cm³/mol. The molecule has 2 heterocycles. The van der Waals surface area contributed by atoms with Gasteiger partial charge in [-0.25, -0.2) is 0 Å². The van der Waals surface area contributed by atoms with Gasteiger partial charge in [-0.3, -0.25) is 9.69 Å². The van der Waals surface area contributed by atoms with Crippen LogP contribution in [0, 0.1) is 5.92 Å². The summed E-state index contributed by atoms with van der Waals surface area (Å²) in [5, 5.41) is 0. The van der Waals surface area contributed by atoms with E-state index in [9.17, 15) is 4.79 Å². The normalized spacial score (nSPS) is 20.5. The average Bonchev–Trinajstić information content (AvgIpc) is 2.63. The van der Waals surface area contributed by atoms with Gasteiger partial charge in [0, 0.05) is 51.9 Å². The molecule has 0 N–H and O–H groups in total. The Morgan fingerprint density at radius 2 is 1.71 bits per heavy atom. The first-order valence-corrected chi connectivity index (χ1v) is 9.31. The van der Waals surface area contributed by atoms with E-state index in [0.717, 1.165) is 58.8 Å². The standard InChI is InChI=1S/C20H30N2O2/c1-16(2)18-5-3-17(4-6-18)15-21-9-11-22(12-10-21)20(23)19-7-13-24-14-8-19/h3-6,16,19H,7-15H2,1-2H3. The summed E-state index contributed by atoms with van der Waals surface area (Å²) in [5.41, 5.74) is 2.76. The molecule has 0 aliphatic carbocycles. The van der Waals surface area contributed by atoms with Crippen LogP contribution in [0.3, 0.4) is 0 Å². The number of carbonyl (C=O) groups is 1. The molecule has 0 radical (unpaired) electrons. The van der Waals surface area contributed by atoms with Gasteiger partial charge in [-0.2, -0.15) is 0 Å². The number of hydrogen-bond acceptors (Lipinski definition) is 3. The number of rotatable bonds is 4. The lowest BCUT2D eigenvalue weighted by Crippen LogP contribution is -2.50. The van der Waals surface area contributed by atoms with Gasteiger partial charge in [0.2, 0.25) is 5.91 Å². The summed E-state index contributed by atoms with van der Waals surface area (Å²) in [7, 11) is 0. The van der Waals surface area contributed by atoms with E-state index in [-0.39, 0.29) is 5.92 Å². The summed E-state index contributed by atoms with van der Waals surface area (Å²) in [6.45, 7) is 10.6. The van der Waals surface area contributed by atoms with E-state index in [4.69, 9.17) is 4.74 Å². The Morgan fingerprint density at radius 1 is 1.08 bits per heavy atom. The summed E-state index contributed by atoms with van der Waals surface area (Å²) < 4.78 is 5.36. The molecule has 2 saturated heterocycles. The molecule has 0 aromatic heterocycles. The quantitative estimate of drug-likeness (QED) is 0.851. The maximum absolute atomic E-state index is 12.6. The van der Waals surface area contributed by atoms with E-state index in [0.29, 0.717) is 11.8 Å². The molecule has 2 aliphatic rings. The lowest BCUT2D eigenvalue weighted by atomic mass is 9.98. The number of hydrogen-bond donors (Lipinski definition) is 0. The third-order valence-electron chi connectivity index (χ3n) is 5.31. The molecule has 0 spiro atoms. The fourth-order valence-corrected chi connectivity index (χ4v) is 3.60. The maximum atomic E-state index is 12.6. The number of ether oxygens (including phenoxy) is 1. The van der Waals surface area contributed by atoms with Gasteiger partial charge in [0.15, 0.2) is 0 Å². The van der Waals surface area contributed by atoms with Gasteiger partial charge in [-0.15, -0.1) is 0 Å². The molecule has 2 fully saturated rings. The zero-order valence-corrected chi connectivity index (χ0v) is 15.0. The van der Waals surface area contributed by atoms with Crippen molar-refractivity contribution in [2.45, 2.75) is 39.2 Å². The summed E-state index contributed by atoms with van der Waals surface area (Å²) in [6.07, 6.45) is 1.78. The van der Waals surface area contributed by atoms with Crippen molar-refractivity contribution in [3.63, 3.8) is 0 Å². The first kappa shape index (κ1) is 17.4. The maximum Gasteiger partial charge on any atom is 0.225 e. The Balaban J connectivity index is 1.47. The molecule has 0 unspecified atom stereocenters. The van der Waals surface area contributed by atoms with Crippen molar-refractivity contribution >= 4 is 5.91 Å². The summed E-state index contributed by atoms with van der Waals surface area (Å²) in [4.78, 5) is 17.1. The lowest BCUT2D eigenvalue weighted by molar-refractivity contribution is -0.140. The van der Waals surface area contributed by atoms with Crippen molar-refractivity contribution < 1.29 is 9.53 Å². The van der Waals surface area contributed by atoms with E-state index < -0.39 is 0 Å². The molecule has 0 atom stereocenters. The van der Waals surface area contributed by atoms with Crippen molar-refractivity contribution in [1.82, 2.24) is 9.80 Å². The molecule has 4 heteroatoms. The van der Waals surface area contributed by atoms with Crippen molar-refractivity contribution in [2.75, 3.05) is 39.4 Å². The van der Waals surface area contributed by atoms with Crippen LogP contribution in [0.25, 0.3) is 0 Å². The number of nitrogens with zero attached hydrogens (tertiary/aromatic N) is 2. The Labute approximate surface area is 145 Å². The van der Waals surface area contributed by atoms with Gasteiger partial charge in [-0.05, 0) is 29.9 Å². The van der Waals surface area contributed by atoms with Crippen LogP contribution < -0.4 is 0 Å². The van der Waals surface area contributed by atoms with Crippen molar-refractivity contribution in [2.24, 2.45) is 5.92 Å². The minimum absolute atomic E-state index is 0.189. The molecule has 1 amide bonds. The first-order valence-electron chi connectivity index (χ1n) is 9.31. The van der Waals surface area contributed by atoms with E-state index in [1.807, 2.05) is 0 Å². The van der Waals surface area contributed by atoms with Gasteiger partial charge in [-0.1, -0.05) is 38.1 Å². The molecular weight excluding hydrogens is 300 g/mol. The number of piperazine rings is 1. The van der Waals surface area contributed by atoms with E-state index >= 15 is 0 Å². The van der Waals surface area contributed by atoms with Crippen LogP contribution in [0.1, 0.15) is 43.7 Å². The van der Waals surface area contributed by atoms with Gasteiger partial charge in [0.25, 0.3) is 0 Å².